The zero-order chi connectivity index (χ0) is 15.7. The second-order valence-electron chi connectivity index (χ2n) is 6.07. The molecule has 1 aliphatic heterocycles. The molecule has 0 aliphatic carbocycles. The van der Waals surface area contributed by atoms with Crippen LogP contribution in [0.1, 0.15) is 36.0 Å². The number of aromatic amines is 1. The van der Waals surface area contributed by atoms with Gasteiger partial charge in [-0.3, -0.25) is 9.89 Å². The third-order valence-electron chi connectivity index (χ3n) is 4.37. The van der Waals surface area contributed by atoms with Gasteiger partial charge in [-0.15, -0.1) is 12.4 Å². The second kappa shape index (κ2) is 7.19. The molecule has 0 bridgehead atoms. The van der Waals surface area contributed by atoms with Crippen molar-refractivity contribution in [1.82, 2.24) is 15.1 Å². The lowest BCUT2D eigenvalue weighted by Crippen LogP contribution is -2.42. The minimum absolute atomic E-state index is 0. The number of aryl methyl sites for hydroxylation is 1. The molecule has 1 aliphatic rings. The number of nitrogens with zero attached hydrogens (tertiary/aromatic N) is 2. The molecule has 1 amide bonds. The number of amides is 1. The van der Waals surface area contributed by atoms with Gasteiger partial charge in [0.1, 0.15) is 11.5 Å². The highest BCUT2D eigenvalue weighted by Gasteiger charge is 2.26. The van der Waals surface area contributed by atoms with Gasteiger partial charge in [-0.1, -0.05) is 0 Å². The molecular formula is C16H23ClN4O2. The average Bonchev–Trinajstić information content (AvgIpc) is 3.15. The van der Waals surface area contributed by atoms with E-state index in [0.717, 1.165) is 37.4 Å². The smallest absolute Gasteiger partial charge is 0.274 e. The Morgan fingerprint density at radius 2 is 2.13 bits per heavy atom. The number of nitrogens with one attached hydrogen (secondary N) is 1. The maximum Gasteiger partial charge on any atom is 0.274 e. The summed E-state index contributed by atoms with van der Waals surface area (Å²) in [4.78, 5) is 14.4. The minimum atomic E-state index is -0.0334. The van der Waals surface area contributed by atoms with Crippen LogP contribution in [0, 0.1) is 12.8 Å². The zero-order valence-electron chi connectivity index (χ0n) is 13.4. The van der Waals surface area contributed by atoms with Crippen LogP contribution >= 0.6 is 12.4 Å². The molecule has 126 valence electrons. The summed E-state index contributed by atoms with van der Waals surface area (Å²) in [6, 6.07) is 5.69. The molecule has 0 spiro atoms. The second-order valence-corrected chi connectivity index (χ2v) is 6.07. The number of H-pyrrole nitrogens is 1. The molecule has 1 atom stereocenters. The third kappa shape index (κ3) is 3.76. The van der Waals surface area contributed by atoms with Crippen molar-refractivity contribution in [2.45, 2.75) is 32.7 Å². The van der Waals surface area contributed by atoms with Gasteiger partial charge in [0.25, 0.3) is 5.91 Å². The van der Waals surface area contributed by atoms with Gasteiger partial charge in [-0.05, 0) is 44.7 Å². The lowest BCUT2D eigenvalue weighted by molar-refractivity contribution is 0.0675. The van der Waals surface area contributed by atoms with Crippen LogP contribution in [0.4, 0.5) is 0 Å². The third-order valence-corrected chi connectivity index (χ3v) is 4.37. The van der Waals surface area contributed by atoms with Crippen LogP contribution < -0.4 is 5.73 Å². The van der Waals surface area contributed by atoms with E-state index >= 15 is 0 Å². The van der Waals surface area contributed by atoms with Crippen LogP contribution in [0.2, 0.25) is 0 Å². The monoisotopic (exact) mass is 338 g/mol. The van der Waals surface area contributed by atoms with Crippen LogP contribution in [0.3, 0.4) is 0 Å². The number of carbonyl (C=O) groups excluding carboxylic acids is 1. The SMILES string of the molecule is Cc1ccc(-c2cc(C(=O)N3CCC(C(C)N)CC3)n[nH]2)o1.Cl. The van der Waals surface area contributed by atoms with Crippen molar-refractivity contribution in [1.29, 1.82) is 0 Å². The van der Waals surface area contributed by atoms with Gasteiger partial charge in [-0.25, -0.2) is 0 Å². The Labute approximate surface area is 141 Å². The Hall–Kier alpha value is -1.79. The molecule has 3 rings (SSSR count). The van der Waals surface area contributed by atoms with Gasteiger partial charge in [0.2, 0.25) is 0 Å². The fourth-order valence-corrected chi connectivity index (χ4v) is 2.93. The lowest BCUT2D eigenvalue weighted by Gasteiger charge is -2.33. The number of piperidine rings is 1. The number of hydrogen-bond acceptors (Lipinski definition) is 4. The molecule has 2 aromatic rings. The number of hydrogen-bond donors (Lipinski definition) is 2. The van der Waals surface area contributed by atoms with E-state index in [0.29, 0.717) is 17.4 Å². The van der Waals surface area contributed by atoms with Gasteiger partial charge in [0.15, 0.2) is 11.5 Å². The molecule has 2 aromatic heterocycles. The normalized spacial score (nSPS) is 16.9. The Kier molecular flexibility index (Phi) is 5.49. The Balaban J connectivity index is 0.00000192. The molecule has 7 heteroatoms. The first kappa shape index (κ1) is 17.6. The van der Waals surface area contributed by atoms with Gasteiger partial charge in [0.05, 0.1) is 0 Å². The number of furan rings is 1. The first-order valence-corrected chi connectivity index (χ1v) is 7.71. The molecule has 3 heterocycles. The van der Waals surface area contributed by atoms with Crippen molar-refractivity contribution in [2.75, 3.05) is 13.1 Å². The summed E-state index contributed by atoms with van der Waals surface area (Å²) in [6.45, 7) is 5.40. The number of halogens is 1. The largest absolute Gasteiger partial charge is 0.460 e. The summed E-state index contributed by atoms with van der Waals surface area (Å²) in [7, 11) is 0. The van der Waals surface area contributed by atoms with Crippen LogP contribution in [0.5, 0.6) is 0 Å². The summed E-state index contributed by atoms with van der Waals surface area (Å²) in [5.41, 5.74) is 7.10. The van der Waals surface area contributed by atoms with E-state index in [9.17, 15) is 4.79 Å². The van der Waals surface area contributed by atoms with Gasteiger partial charge in [0, 0.05) is 25.2 Å². The molecule has 1 fully saturated rings. The van der Waals surface area contributed by atoms with E-state index in [4.69, 9.17) is 10.2 Å². The molecule has 23 heavy (non-hydrogen) atoms. The van der Waals surface area contributed by atoms with Crippen molar-refractivity contribution < 1.29 is 9.21 Å². The number of aromatic nitrogens is 2. The van der Waals surface area contributed by atoms with Crippen molar-refractivity contribution in [3.05, 3.63) is 29.7 Å². The van der Waals surface area contributed by atoms with E-state index in [2.05, 4.69) is 10.2 Å². The van der Waals surface area contributed by atoms with Crippen molar-refractivity contribution in [3.8, 4) is 11.5 Å². The maximum atomic E-state index is 12.5. The Bertz CT molecular complexity index is 657. The summed E-state index contributed by atoms with van der Waals surface area (Å²) >= 11 is 0. The van der Waals surface area contributed by atoms with Gasteiger partial charge < -0.3 is 15.1 Å². The molecule has 0 radical (unpaired) electrons. The van der Waals surface area contributed by atoms with E-state index < -0.39 is 0 Å². The number of carbonyl (C=O) groups is 1. The molecule has 0 saturated carbocycles. The Morgan fingerprint density at radius 1 is 1.43 bits per heavy atom. The van der Waals surface area contributed by atoms with E-state index in [1.54, 1.807) is 6.07 Å². The minimum Gasteiger partial charge on any atom is -0.460 e. The first-order chi connectivity index (χ1) is 10.5. The Morgan fingerprint density at radius 3 is 2.70 bits per heavy atom. The van der Waals surface area contributed by atoms with Crippen molar-refractivity contribution in [2.24, 2.45) is 11.7 Å². The first-order valence-electron chi connectivity index (χ1n) is 7.71. The summed E-state index contributed by atoms with van der Waals surface area (Å²) in [5.74, 6) is 1.99. The highest BCUT2D eigenvalue weighted by atomic mass is 35.5. The van der Waals surface area contributed by atoms with Crippen LogP contribution in [-0.4, -0.2) is 40.1 Å². The summed E-state index contributed by atoms with van der Waals surface area (Å²) in [6.07, 6.45) is 1.91. The lowest BCUT2D eigenvalue weighted by atomic mass is 9.91. The van der Waals surface area contributed by atoms with Crippen LogP contribution in [0.25, 0.3) is 11.5 Å². The number of likely N-dealkylation sites (tertiary alicyclic amines) is 1. The molecular weight excluding hydrogens is 316 g/mol. The van der Waals surface area contributed by atoms with E-state index in [1.807, 2.05) is 30.9 Å². The zero-order valence-corrected chi connectivity index (χ0v) is 14.2. The highest BCUT2D eigenvalue weighted by molar-refractivity contribution is 5.93. The quantitative estimate of drug-likeness (QED) is 0.900. The maximum absolute atomic E-state index is 12.5. The molecule has 1 saturated heterocycles. The predicted octanol–water partition coefficient (Wildman–Crippen LogP) is 2.60. The molecule has 3 N–H and O–H groups in total. The summed E-state index contributed by atoms with van der Waals surface area (Å²) in [5, 5.41) is 7.00. The van der Waals surface area contributed by atoms with Gasteiger partial charge in [-0.2, -0.15) is 5.10 Å². The fourth-order valence-electron chi connectivity index (χ4n) is 2.93. The molecule has 0 aromatic carbocycles. The van der Waals surface area contributed by atoms with Crippen molar-refractivity contribution in [3.63, 3.8) is 0 Å². The van der Waals surface area contributed by atoms with E-state index in [-0.39, 0.29) is 24.4 Å². The number of rotatable bonds is 3. The fraction of sp³-hybridized carbons (Fsp3) is 0.500. The molecule has 6 nitrogen and oxygen atoms in total. The van der Waals surface area contributed by atoms with Crippen LogP contribution in [0.15, 0.2) is 22.6 Å². The number of nitrogens with two attached hydrogens (primary N) is 1. The summed E-state index contributed by atoms with van der Waals surface area (Å²) < 4.78 is 5.54. The van der Waals surface area contributed by atoms with E-state index in [1.165, 1.54) is 0 Å². The van der Waals surface area contributed by atoms with Crippen molar-refractivity contribution >= 4 is 18.3 Å². The highest BCUT2D eigenvalue weighted by Crippen LogP contribution is 2.23. The standard InChI is InChI=1S/C16H22N4O2.ClH/c1-10-3-4-15(22-10)13-9-14(19-18-13)16(21)20-7-5-12(6-8-20)11(2)17;/h3-4,9,11-12H,5-8,17H2,1-2H3,(H,18,19);1H. The topological polar surface area (TPSA) is 88.1 Å². The van der Waals surface area contributed by atoms with Gasteiger partial charge >= 0.3 is 0 Å². The van der Waals surface area contributed by atoms with Crippen LogP contribution in [-0.2, 0) is 0 Å². The predicted molar refractivity (Wildman–Crippen MR) is 90.6 cm³/mol. The molecule has 1 unspecified atom stereocenters. The average molecular weight is 339 g/mol.